The molecule has 5 rings (SSSR count). The number of aryl methyl sites for hydroxylation is 1. The van der Waals surface area contributed by atoms with Gasteiger partial charge in [0.2, 0.25) is 0 Å². The van der Waals surface area contributed by atoms with Crippen LogP contribution in [0.15, 0.2) is 72.8 Å². The van der Waals surface area contributed by atoms with Crippen LogP contribution in [0.3, 0.4) is 0 Å². The molecule has 226 valence electrons. The van der Waals surface area contributed by atoms with E-state index in [1.807, 2.05) is 0 Å². The summed E-state index contributed by atoms with van der Waals surface area (Å²) < 4.78 is 149. The molecule has 0 saturated heterocycles. The SMILES string of the molecule is Cc1ccc(-c2cc(F)c(-c3cc(F)c(C(F)(F)Oc4ccc(-c5cc(F)c(F)c(F)c5)c(F)c4)c(F)c3)c(Cl)c2)c(F)c1. The number of ether oxygens (including phenoxy) is 1. The van der Waals surface area contributed by atoms with Crippen molar-refractivity contribution in [3.05, 3.63) is 135 Å². The van der Waals surface area contributed by atoms with Crippen LogP contribution in [0.25, 0.3) is 33.4 Å². The molecular weight excluding hydrogens is 626 g/mol. The van der Waals surface area contributed by atoms with E-state index in [0.29, 0.717) is 35.9 Å². The molecule has 0 spiro atoms. The molecule has 0 amide bonds. The second-order valence-electron chi connectivity index (χ2n) is 9.63. The average Bonchev–Trinajstić information content (AvgIpc) is 2.90. The van der Waals surface area contributed by atoms with Gasteiger partial charge in [0.25, 0.3) is 0 Å². The summed E-state index contributed by atoms with van der Waals surface area (Å²) in [4.78, 5) is 0. The molecule has 0 aromatic heterocycles. The molecule has 0 unspecified atom stereocenters. The molecule has 0 saturated carbocycles. The molecule has 0 radical (unpaired) electrons. The molecule has 5 aromatic rings. The molecule has 0 aliphatic heterocycles. The van der Waals surface area contributed by atoms with Crippen molar-refractivity contribution in [2.75, 3.05) is 0 Å². The van der Waals surface area contributed by atoms with E-state index in [0.717, 1.165) is 24.3 Å². The lowest BCUT2D eigenvalue weighted by atomic mass is 9.97. The third-order valence-corrected chi connectivity index (χ3v) is 6.88. The van der Waals surface area contributed by atoms with E-state index in [4.69, 9.17) is 11.6 Å². The van der Waals surface area contributed by atoms with Crippen molar-refractivity contribution < 1.29 is 48.6 Å². The van der Waals surface area contributed by atoms with E-state index in [1.165, 1.54) is 12.1 Å². The highest BCUT2D eigenvalue weighted by atomic mass is 35.5. The maximum Gasteiger partial charge on any atom is 0.432 e. The first-order chi connectivity index (χ1) is 20.7. The maximum absolute atomic E-state index is 15.1. The Morgan fingerprint density at radius 3 is 1.59 bits per heavy atom. The zero-order valence-corrected chi connectivity index (χ0v) is 22.7. The van der Waals surface area contributed by atoms with Gasteiger partial charge < -0.3 is 4.74 Å². The van der Waals surface area contributed by atoms with E-state index in [9.17, 15) is 39.5 Å². The van der Waals surface area contributed by atoms with E-state index in [-0.39, 0.29) is 11.1 Å². The summed E-state index contributed by atoms with van der Waals surface area (Å²) in [5, 5.41) is -0.397. The average molecular weight is 641 g/mol. The van der Waals surface area contributed by atoms with Crippen LogP contribution in [0, 0.1) is 53.5 Å². The summed E-state index contributed by atoms with van der Waals surface area (Å²) in [6, 6.07) is 9.74. The minimum Gasteiger partial charge on any atom is -0.429 e. The van der Waals surface area contributed by atoms with Gasteiger partial charge in [-0.05, 0) is 83.8 Å². The maximum atomic E-state index is 15.1. The lowest BCUT2D eigenvalue weighted by Crippen LogP contribution is -2.25. The standard InChI is InChI=1S/C32H15ClF10O/c1-14-2-4-19(22(34)6-14)15-7-21(33)29(24(36)8-15)17-11-25(37)30(26(38)12-17)32(42,43)44-18-3-5-20(23(35)13-18)16-9-27(39)31(41)28(40)10-16/h2-13H,1H3. The van der Waals surface area contributed by atoms with Crippen LogP contribution < -0.4 is 4.74 Å². The van der Waals surface area contributed by atoms with Crippen molar-refractivity contribution >= 4 is 11.6 Å². The molecule has 5 aromatic carbocycles. The molecule has 0 aliphatic carbocycles. The van der Waals surface area contributed by atoms with Crippen LogP contribution >= 0.6 is 11.6 Å². The highest BCUT2D eigenvalue weighted by Crippen LogP contribution is 2.41. The van der Waals surface area contributed by atoms with Gasteiger partial charge in [-0.1, -0.05) is 23.7 Å². The molecule has 44 heavy (non-hydrogen) atoms. The molecular formula is C32H15ClF10O. The van der Waals surface area contributed by atoms with Crippen molar-refractivity contribution in [2.24, 2.45) is 0 Å². The van der Waals surface area contributed by atoms with Crippen LogP contribution in [-0.4, -0.2) is 0 Å². The Labute approximate surface area is 247 Å². The number of alkyl halides is 2. The van der Waals surface area contributed by atoms with Gasteiger partial charge in [0.05, 0.1) is 5.02 Å². The molecule has 12 heteroatoms. The van der Waals surface area contributed by atoms with Gasteiger partial charge in [0.1, 0.15) is 40.4 Å². The third-order valence-electron chi connectivity index (χ3n) is 6.58. The molecule has 0 heterocycles. The Bertz CT molecular complexity index is 1870. The lowest BCUT2D eigenvalue weighted by molar-refractivity contribution is -0.189. The molecule has 0 atom stereocenters. The molecule has 1 nitrogen and oxygen atoms in total. The first-order valence-corrected chi connectivity index (χ1v) is 12.8. The summed E-state index contributed by atoms with van der Waals surface area (Å²) in [6.07, 6.45) is -4.75. The summed E-state index contributed by atoms with van der Waals surface area (Å²) in [6.45, 7) is 1.64. The summed E-state index contributed by atoms with van der Waals surface area (Å²) in [5.74, 6) is -12.9. The quantitative estimate of drug-likeness (QED) is 0.133. The first-order valence-electron chi connectivity index (χ1n) is 12.4. The second kappa shape index (κ2) is 11.5. The van der Waals surface area contributed by atoms with Gasteiger partial charge in [-0.2, -0.15) is 8.78 Å². The predicted octanol–water partition coefficient (Wildman–Crippen LogP) is 10.9. The van der Waals surface area contributed by atoms with Gasteiger partial charge in [-0.15, -0.1) is 0 Å². The minimum absolute atomic E-state index is 0.00564. The monoisotopic (exact) mass is 640 g/mol. The third kappa shape index (κ3) is 5.84. The van der Waals surface area contributed by atoms with Gasteiger partial charge >= 0.3 is 6.11 Å². The Balaban J connectivity index is 1.45. The fourth-order valence-corrected chi connectivity index (χ4v) is 4.87. The van der Waals surface area contributed by atoms with Gasteiger partial charge in [-0.3, -0.25) is 0 Å². The highest BCUT2D eigenvalue weighted by Gasteiger charge is 2.41. The Morgan fingerprint density at radius 2 is 1.05 bits per heavy atom. The van der Waals surface area contributed by atoms with E-state index in [1.54, 1.807) is 13.0 Å². The molecule has 0 aliphatic rings. The van der Waals surface area contributed by atoms with Crippen LogP contribution in [0.4, 0.5) is 43.9 Å². The van der Waals surface area contributed by atoms with Gasteiger partial charge in [0.15, 0.2) is 17.5 Å². The summed E-state index contributed by atoms with van der Waals surface area (Å²) in [7, 11) is 0. The first kappa shape index (κ1) is 30.9. The van der Waals surface area contributed by atoms with Crippen molar-refractivity contribution in [3.8, 4) is 39.1 Å². The van der Waals surface area contributed by atoms with E-state index < -0.39 is 91.2 Å². The molecule has 0 fully saturated rings. The van der Waals surface area contributed by atoms with Crippen molar-refractivity contribution in [2.45, 2.75) is 13.0 Å². The molecule has 0 N–H and O–H groups in total. The predicted molar refractivity (Wildman–Crippen MR) is 143 cm³/mol. The number of halogens is 11. The van der Waals surface area contributed by atoms with Crippen molar-refractivity contribution in [1.29, 1.82) is 0 Å². The van der Waals surface area contributed by atoms with Crippen LogP contribution in [0.2, 0.25) is 5.02 Å². The van der Waals surface area contributed by atoms with E-state index in [2.05, 4.69) is 4.74 Å². The zero-order valence-electron chi connectivity index (χ0n) is 22.0. The lowest BCUT2D eigenvalue weighted by Gasteiger charge is -2.20. The second-order valence-corrected chi connectivity index (χ2v) is 10.0. The minimum atomic E-state index is -4.75. The van der Waals surface area contributed by atoms with Crippen LogP contribution in [0.5, 0.6) is 5.75 Å². The van der Waals surface area contributed by atoms with Crippen LogP contribution in [0.1, 0.15) is 11.1 Å². The number of rotatable bonds is 6. The molecule has 0 bridgehead atoms. The summed E-state index contributed by atoms with van der Waals surface area (Å²) in [5.41, 5.74) is -3.39. The fraction of sp³-hybridized carbons (Fsp3) is 0.0625. The van der Waals surface area contributed by atoms with Crippen molar-refractivity contribution in [1.82, 2.24) is 0 Å². The number of benzene rings is 5. The Morgan fingerprint density at radius 1 is 0.545 bits per heavy atom. The van der Waals surface area contributed by atoms with Crippen molar-refractivity contribution in [3.63, 3.8) is 0 Å². The zero-order chi connectivity index (χ0) is 32.1. The number of hydrogen-bond donors (Lipinski definition) is 0. The normalized spacial score (nSPS) is 11.6. The highest BCUT2D eigenvalue weighted by molar-refractivity contribution is 6.33. The van der Waals surface area contributed by atoms with Crippen LogP contribution in [-0.2, 0) is 6.11 Å². The topological polar surface area (TPSA) is 9.23 Å². The largest absolute Gasteiger partial charge is 0.432 e. The van der Waals surface area contributed by atoms with Gasteiger partial charge in [-0.25, -0.2) is 35.1 Å². The van der Waals surface area contributed by atoms with E-state index >= 15 is 4.39 Å². The Hall–Kier alpha value is -4.51. The number of hydrogen-bond acceptors (Lipinski definition) is 1. The fourth-order valence-electron chi connectivity index (χ4n) is 4.56. The smallest absolute Gasteiger partial charge is 0.429 e. The van der Waals surface area contributed by atoms with Gasteiger partial charge in [0, 0.05) is 22.8 Å². The summed E-state index contributed by atoms with van der Waals surface area (Å²) >= 11 is 6.17. The Kier molecular flexibility index (Phi) is 8.11.